The Morgan fingerprint density at radius 3 is 2.48 bits per heavy atom. The summed E-state index contributed by atoms with van der Waals surface area (Å²) in [5.41, 5.74) is -0.778. The lowest BCUT2D eigenvalue weighted by Crippen LogP contribution is -2.43. The van der Waals surface area contributed by atoms with E-state index in [2.05, 4.69) is 4.98 Å². The number of ether oxygens (including phenoxy) is 1. The van der Waals surface area contributed by atoms with Crippen molar-refractivity contribution in [2.24, 2.45) is 0 Å². The van der Waals surface area contributed by atoms with Crippen LogP contribution in [0.15, 0.2) is 23.4 Å². The van der Waals surface area contributed by atoms with Gasteiger partial charge in [-0.15, -0.1) is 0 Å². The average molecular weight is 318 g/mol. The minimum absolute atomic E-state index is 0.113. The van der Waals surface area contributed by atoms with Crippen molar-refractivity contribution in [1.82, 2.24) is 9.71 Å². The average Bonchev–Trinajstić information content (AvgIpc) is 2.78. The highest BCUT2D eigenvalue weighted by molar-refractivity contribution is 7.89. The molecule has 118 valence electrons. The van der Waals surface area contributed by atoms with E-state index in [4.69, 9.17) is 9.84 Å². The molecule has 8 nitrogen and oxygen atoms in total. The monoisotopic (exact) mass is 318 g/mol. The topological polar surface area (TPSA) is 126 Å². The molecule has 0 radical (unpaired) electrons. The van der Waals surface area contributed by atoms with Gasteiger partial charge in [0.1, 0.15) is 11.6 Å². The zero-order chi connectivity index (χ0) is 16.3. The first-order chi connectivity index (χ1) is 9.51. The summed E-state index contributed by atoms with van der Waals surface area (Å²) in [7, 11) is -4.02. The van der Waals surface area contributed by atoms with Gasteiger partial charge in [-0.25, -0.2) is 8.42 Å². The number of H-pyrrole nitrogens is 1. The Morgan fingerprint density at radius 2 is 2.05 bits per heavy atom. The molecule has 0 saturated carbocycles. The molecule has 0 aromatic carbocycles. The van der Waals surface area contributed by atoms with Crippen molar-refractivity contribution in [2.75, 3.05) is 0 Å². The zero-order valence-electron chi connectivity index (χ0n) is 11.9. The molecule has 0 aliphatic carbocycles. The predicted molar refractivity (Wildman–Crippen MR) is 73.0 cm³/mol. The number of carboxylic acids is 1. The number of carboxylic acid groups (broad SMARTS) is 1. The summed E-state index contributed by atoms with van der Waals surface area (Å²) in [6.45, 7) is 4.89. The maximum Gasteiger partial charge on any atom is 0.322 e. The molecular weight excluding hydrogens is 300 g/mol. The molecule has 0 aliphatic rings. The second-order valence-corrected chi connectivity index (χ2v) is 7.06. The maximum absolute atomic E-state index is 11.9. The summed E-state index contributed by atoms with van der Waals surface area (Å²) in [6, 6.07) is -0.325. The number of esters is 1. The summed E-state index contributed by atoms with van der Waals surface area (Å²) in [6.07, 6.45) is 1.99. The fourth-order valence-corrected chi connectivity index (χ4v) is 2.63. The van der Waals surface area contributed by atoms with Crippen LogP contribution in [0.3, 0.4) is 0 Å². The van der Waals surface area contributed by atoms with Gasteiger partial charge in [0.25, 0.3) is 0 Å². The first kappa shape index (κ1) is 17.2. The minimum atomic E-state index is -4.02. The standard InChI is InChI=1S/C12H18N2O6S/c1-12(2,3)20-10(15)6-9(11(16)17)14-21(18,19)8-4-5-13-7-8/h4-5,7,9,13-14H,6H2,1-3H3,(H,16,17)/t9-/m0/s1. The molecule has 0 amide bonds. The van der Waals surface area contributed by atoms with Crippen LogP contribution in [0, 0.1) is 0 Å². The lowest BCUT2D eigenvalue weighted by molar-refractivity contribution is -0.158. The summed E-state index contributed by atoms with van der Waals surface area (Å²) in [5.74, 6) is -2.26. The third-order valence-electron chi connectivity index (χ3n) is 2.27. The number of aromatic amines is 1. The third kappa shape index (κ3) is 5.56. The van der Waals surface area contributed by atoms with Gasteiger partial charge in [-0.3, -0.25) is 9.59 Å². The molecule has 0 saturated heterocycles. The van der Waals surface area contributed by atoms with E-state index in [1.165, 1.54) is 18.5 Å². The van der Waals surface area contributed by atoms with Gasteiger partial charge in [0.05, 0.1) is 11.3 Å². The summed E-state index contributed by atoms with van der Waals surface area (Å²) in [4.78, 5) is 25.2. The number of rotatable bonds is 6. The normalized spacial score (nSPS) is 13.7. The minimum Gasteiger partial charge on any atom is -0.480 e. The highest BCUT2D eigenvalue weighted by Gasteiger charge is 2.29. The summed E-state index contributed by atoms with van der Waals surface area (Å²) in [5, 5.41) is 9.04. The van der Waals surface area contributed by atoms with Gasteiger partial charge in [0.15, 0.2) is 0 Å². The number of aliphatic carboxylic acids is 1. The Balaban J connectivity index is 2.80. The van der Waals surface area contributed by atoms with Crippen LogP contribution >= 0.6 is 0 Å². The molecule has 0 unspecified atom stereocenters. The molecule has 0 aliphatic heterocycles. The lowest BCUT2D eigenvalue weighted by Gasteiger charge is -2.21. The van der Waals surface area contributed by atoms with Crippen LogP contribution < -0.4 is 4.72 Å². The van der Waals surface area contributed by atoms with E-state index in [0.717, 1.165) is 0 Å². The molecule has 0 spiro atoms. The molecule has 21 heavy (non-hydrogen) atoms. The molecular formula is C12H18N2O6S. The van der Waals surface area contributed by atoms with E-state index in [9.17, 15) is 18.0 Å². The van der Waals surface area contributed by atoms with Crippen molar-refractivity contribution in [1.29, 1.82) is 0 Å². The maximum atomic E-state index is 11.9. The first-order valence-electron chi connectivity index (χ1n) is 6.11. The number of nitrogens with one attached hydrogen (secondary N) is 2. The van der Waals surface area contributed by atoms with Crippen molar-refractivity contribution in [3.05, 3.63) is 18.5 Å². The highest BCUT2D eigenvalue weighted by Crippen LogP contribution is 2.12. The fourth-order valence-electron chi connectivity index (χ4n) is 1.46. The number of carbonyl (C=O) groups is 2. The van der Waals surface area contributed by atoms with Crippen molar-refractivity contribution < 1.29 is 27.9 Å². The van der Waals surface area contributed by atoms with Crippen molar-refractivity contribution in [3.8, 4) is 0 Å². The molecule has 1 aromatic heterocycles. The smallest absolute Gasteiger partial charge is 0.322 e. The van der Waals surface area contributed by atoms with E-state index in [-0.39, 0.29) is 4.90 Å². The van der Waals surface area contributed by atoms with Crippen LogP contribution in [-0.2, 0) is 24.3 Å². The lowest BCUT2D eigenvalue weighted by atomic mass is 10.2. The number of hydrogen-bond acceptors (Lipinski definition) is 5. The van der Waals surface area contributed by atoms with Crippen LogP contribution in [-0.4, -0.2) is 42.1 Å². The summed E-state index contributed by atoms with van der Waals surface area (Å²) >= 11 is 0. The second-order valence-electron chi connectivity index (χ2n) is 5.35. The third-order valence-corrected chi connectivity index (χ3v) is 3.74. The molecule has 1 heterocycles. The van der Waals surface area contributed by atoms with Crippen LogP contribution in [0.4, 0.5) is 0 Å². The van der Waals surface area contributed by atoms with Gasteiger partial charge >= 0.3 is 11.9 Å². The number of hydrogen-bond donors (Lipinski definition) is 3. The van der Waals surface area contributed by atoms with Gasteiger partial charge in [-0.1, -0.05) is 0 Å². The molecule has 0 bridgehead atoms. The molecule has 1 atom stereocenters. The highest BCUT2D eigenvalue weighted by atomic mass is 32.2. The quantitative estimate of drug-likeness (QED) is 0.655. The Hall–Kier alpha value is -1.87. The van der Waals surface area contributed by atoms with Crippen LogP contribution in [0.5, 0.6) is 0 Å². The predicted octanol–water partition coefficient (Wildman–Crippen LogP) is 0.478. The molecule has 1 rings (SSSR count). The summed E-state index contributed by atoms with van der Waals surface area (Å²) < 4.78 is 30.8. The van der Waals surface area contributed by atoms with E-state index in [1.54, 1.807) is 20.8 Å². The van der Waals surface area contributed by atoms with E-state index in [1.807, 2.05) is 4.72 Å². The van der Waals surface area contributed by atoms with Crippen LogP contribution in [0.25, 0.3) is 0 Å². The molecule has 9 heteroatoms. The van der Waals surface area contributed by atoms with Gasteiger partial charge < -0.3 is 14.8 Å². The van der Waals surface area contributed by atoms with E-state index < -0.39 is 40.0 Å². The molecule has 0 fully saturated rings. The SMILES string of the molecule is CC(C)(C)OC(=O)C[C@H](NS(=O)(=O)c1cc[nH]c1)C(=O)O. The number of carbonyl (C=O) groups excluding carboxylic acids is 1. The Morgan fingerprint density at radius 1 is 1.43 bits per heavy atom. The Bertz CT molecular complexity index is 600. The Labute approximate surface area is 122 Å². The van der Waals surface area contributed by atoms with Crippen molar-refractivity contribution in [3.63, 3.8) is 0 Å². The first-order valence-corrected chi connectivity index (χ1v) is 7.59. The second kappa shape index (κ2) is 6.27. The largest absolute Gasteiger partial charge is 0.480 e. The van der Waals surface area contributed by atoms with Gasteiger partial charge in [-0.05, 0) is 26.8 Å². The van der Waals surface area contributed by atoms with Gasteiger partial charge in [0.2, 0.25) is 10.0 Å². The molecule has 1 aromatic rings. The van der Waals surface area contributed by atoms with E-state index >= 15 is 0 Å². The van der Waals surface area contributed by atoms with Gasteiger partial charge in [-0.2, -0.15) is 4.72 Å². The number of aromatic nitrogens is 1. The fraction of sp³-hybridized carbons (Fsp3) is 0.500. The zero-order valence-corrected chi connectivity index (χ0v) is 12.7. The molecule has 3 N–H and O–H groups in total. The Kier molecular flexibility index (Phi) is 5.13. The number of sulfonamides is 1. The van der Waals surface area contributed by atoms with E-state index in [0.29, 0.717) is 0 Å². The van der Waals surface area contributed by atoms with Crippen molar-refractivity contribution >= 4 is 22.0 Å². The van der Waals surface area contributed by atoms with Crippen LogP contribution in [0.2, 0.25) is 0 Å². The van der Waals surface area contributed by atoms with Crippen molar-refractivity contribution in [2.45, 2.75) is 43.7 Å². The van der Waals surface area contributed by atoms with Gasteiger partial charge in [0, 0.05) is 12.4 Å². The van der Waals surface area contributed by atoms with Crippen LogP contribution in [0.1, 0.15) is 27.2 Å².